The number of amides is 2. The Balaban J connectivity index is 2.38. The first-order chi connectivity index (χ1) is 9.67. The molecule has 0 fully saturated rings. The van der Waals surface area contributed by atoms with E-state index in [1.165, 1.54) is 0 Å². The number of thioether (sulfide) groups is 1. The van der Waals surface area contributed by atoms with E-state index in [0.717, 1.165) is 30.0 Å². The van der Waals surface area contributed by atoms with Crippen molar-refractivity contribution in [1.82, 2.24) is 10.6 Å². The average molecular weight is 316 g/mol. The first-order valence-corrected chi connectivity index (χ1v) is 7.31. The third kappa shape index (κ3) is 7.08. The summed E-state index contributed by atoms with van der Waals surface area (Å²) in [6.07, 6.45) is 0. The first-order valence-electron chi connectivity index (χ1n) is 6.33. The molecule has 0 aliphatic carbocycles. The Morgan fingerprint density at radius 1 is 1.19 bits per heavy atom. The van der Waals surface area contributed by atoms with E-state index in [2.05, 4.69) is 10.6 Å². The summed E-state index contributed by atoms with van der Waals surface area (Å²) in [5.74, 6) is -1.97. The van der Waals surface area contributed by atoms with Gasteiger partial charge in [-0.2, -0.15) is 0 Å². The van der Waals surface area contributed by atoms with Gasteiger partial charge in [-0.1, -0.05) is 0 Å². The maximum absolute atomic E-state index is 13.3. The summed E-state index contributed by atoms with van der Waals surface area (Å²) >= 11 is 0.875. The van der Waals surface area contributed by atoms with E-state index in [1.807, 2.05) is 20.8 Å². The minimum atomic E-state index is -0.584. The fourth-order valence-corrected chi connectivity index (χ4v) is 2.21. The van der Waals surface area contributed by atoms with E-state index >= 15 is 0 Å². The minimum absolute atomic E-state index is 0.0595. The molecule has 7 heteroatoms. The second kappa shape index (κ2) is 7.40. The van der Waals surface area contributed by atoms with Crippen molar-refractivity contribution in [2.24, 2.45) is 0 Å². The average Bonchev–Trinajstić information content (AvgIpc) is 2.35. The quantitative estimate of drug-likeness (QED) is 0.818. The lowest BCUT2D eigenvalue weighted by Gasteiger charge is -2.20. The monoisotopic (exact) mass is 316 g/mol. The molecule has 4 nitrogen and oxygen atoms in total. The van der Waals surface area contributed by atoms with Crippen molar-refractivity contribution in [1.29, 1.82) is 0 Å². The van der Waals surface area contributed by atoms with Crippen LogP contribution in [0.25, 0.3) is 0 Å². The van der Waals surface area contributed by atoms with Gasteiger partial charge in [-0.3, -0.25) is 9.59 Å². The fraction of sp³-hybridized carbons (Fsp3) is 0.429. The van der Waals surface area contributed by atoms with E-state index in [9.17, 15) is 18.4 Å². The molecule has 0 atom stereocenters. The van der Waals surface area contributed by atoms with Gasteiger partial charge in [-0.05, 0) is 39.0 Å². The molecular formula is C14H18F2N2O2S. The molecule has 2 N–H and O–H groups in total. The number of nitrogens with one attached hydrogen (secondary N) is 2. The zero-order valence-corrected chi connectivity index (χ0v) is 12.9. The lowest BCUT2D eigenvalue weighted by atomic mass is 10.1. The third-order valence-electron chi connectivity index (χ3n) is 2.21. The van der Waals surface area contributed by atoms with Crippen LogP contribution in [0.15, 0.2) is 23.1 Å². The normalized spacial score (nSPS) is 11.1. The predicted octanol–water partition coefficient (Wildman–Crippen LogP) is 2.09. The number of rotatable bonds is 5. The highest BCUT2D eigenvalue weighted by molar-refractivity contribution is 8.00. The molecule has 0 saturated heterocycles. The van der Waals surface area contributed by atoms with Gasteiger partial charge in [-0.25, -0.2) is 8.78 Å². The van der Waals surface area contributed by atoms with E-state index < -0.39 is 17.5 Å². The molecule has 1 rings (SSSR count). The number of halogens is 2. The summed E-state index contributed by atoms with van der Waals surface area (Å²) in [5, 5.41) is 5.12. The second-order valence-corrected chi connectivity index (χ2v) is 6.46. The van der Waals surface area contributed by atoms with Gasteiger partial charge < -0.3 is 10.6 Å². The van der Waals surface area contributed by atoms with Gasteiger partial charge in [-0.15, -0.1) is 11.8 Å². The van der Waals surface area contributed by atoms with Gasteiger partial charge in [0.25, 0.3) is 0 Å². The summed E-state index contributed by atoms with van der Waals surface area (Å²) in [7, 11) is 0. The highest BCUT2D eigenvalue weighted by atomic mass is 32.2. The van der Waals surface area contributed by atoms with Crippen LogP contribution in [0, 0.1) is 11.6 Å². The van der Waals surface area contributed by atoms with Crippen molar-refractivity contribution in [2.45, 2.75) is 31.2 Å². The zero-order valence-electron chi connectivity index (χ0n) is 12.1. The van der Waals surface area contributed by atoms with Crippen LogP contribution in [0.2, 0.25) is 0 Å². The van der Waals surface area contributed by atoms with Crippen molar-refractivity contribution in [3.63, 3.8) is 0 Å². The van der Waals surface area contributed by atoms with Gasteiger partial charge >= 0.3 is 0 Å². The molecule has 0 unspecified atom stereocenters. The largest absolute Gasteiger partial charge is 0.350 e. The molecule has 0 saturated carbocycles. The van der Waals surface area contributed by atoms with Crippen LogP contribution in [0.3, 0.4) is 0 Å². The molecule has 0 aromatic heterocycles. The molecular weight excluding hydrogens is 298 g/mol. The lowest BCUT2D eigenvalue weighted by Crippen LogP contribution is -2.46. The standard InChI is InChI=1S/C14H18F2N2O2S/c1-14(2,3)18-12(19)7-17-13(20)8-21-11-6-9(15)4-5-10(11)16/h4-6H,7-8H2,1-3H3,(H,17,20)(H,18,19). The number of hydrogen-bond acceptors (Lipinski definition) is 3. The van der Waals surface area contributed by atoms with Crippen LogP contribution in [0.1, 0.15) is 20.8 Å². The number of hydrogen-bond donors (Lipinski definition) is 2. The fourth-order valence-electron chi connectivity index (χ4n) is 1.42. The Hall–Kier alpha value is -1.63. The molecule has 21 heavy (non-hydrogen) atoms. The van der Waals surface area contributed by atoms with Crippen molar-refractivity contribution >= 4 is 23.6 Å². The van der Waals surface area contributed by atoms with Crippen molar-refractivity contribution < 1.29 is 18.4 Å². The van der Waals surface area contributed by atoms with Crippen LogP contribution < -0.4 is 10.6 Å². The molecule has 0 radical (unpaired) electrons. The molecule has 0 spiro atoms. The Bertz CT molecular complexity index is 530. The van der Waals surface area contributed by atoms with Crippen molar-refractivity contribution in [3.8, 4) is 0 Å². The number of carbonyl (C=O) groups excluding carboxylic acids is 2. The van der Waals surface area contributed by atoms with E-state index in [1.54, 1.807) is 0 Å². The van der Waals surface area contributed by atoms with E-state index in [0.29, 0.717) is 0 Å². The van der Waals surface area contributed by atoms with E-state index in [4.69, 9.17) is 0 Å². The van der Waals surface area contributed by atoms with Crippen LogP contribution in [-0.4, -0.2) is 29.7 Å². The van der Waals surface area contributed by atoms with Gasteiger partial charge in [0.05, 0.1) is 12.3 Å². The predicted molar refractivity (Wildman–Crippen MR) is 78.0 cm³/mol. The molecule has 2 amide bonds. The summed E-state index contributed by atoms with van der Waals surface area (Å²) in [4.78, 5) is 23.1. The maximum Gasteiger partial charge on any atom is 0.239 e. The van der Waals surface area contributed by atoms with Crippen LogP contribution >= 0.6 is 11.8 Å². The SMILES string of the molecule is CC(C)(C)NC(=O)CNC(=O)CSc1cc(F)ccc1F. The second-order valence-electron chi connectivity index (χ2n) is 5.44. The summed E-state index contributed by atoms with van der Waals surface area (Å²) in [5.41, 5.74) is -0.374. The highest BCUT2D eigenvalue weighted by Crippen LogP contribution is 2.22. The van der Waals surface area contributed by atoms with Crippen molar-refractivity contribution in [3.05, 3.63) is 29.8 Å². The lowest BCUT2D eigenvalue weighted by molar-refractivity contribution is -0.125. The van der Waals surface area contributed by atoms with Crippen molar-refractivity contribution in [2.75, 3.05) is 12.3 Å². The van der Waals surface area contributed by atoms with Gasteiger partial charge in [0, 0.05) is 10.4 Å². The minimum Gasteiger partial charge on any atom is -0.350 e. The Morgan fingerprint density at radius 3 is 2.48 bits per heavy atom. The smallest absolute Gasteiger partial charge is 0.239 e. The number of benzene rings is 1. The molecule has 0 aliphatic rings. The third-order valence-corrected chi connectivity index (χ3v) is 3.24. The highest BCUT2D eigenvalue weighted by Gasteiger charge is 2.14. The molecule has 0 bridgehead atoms. The first kappa shape index (κ1) is 17.4. The summed E-state index contributed by atoms with van der Waals surface area (Å²) in [6, 6.07) is 3.04. The molecule has 0 aliphatic heterocycles. The number of carbonyl (C=O) groups is 2. The van der Waals surface area contributed by atoms with Crippen LogP contribution in [-0.2, 0) is 9.59 Å². The molecule has 1 aromatic carbocycles. The van der Waals surface area contributed by atoms with Gasteiger partial charge in [0.15, 0.2) is 0 Å². The van der Waals surface area contributed by atoms with Gasteiger partial charge in [0.1, 0.15) is 11.6 Å². The Morgan fingerprint density at radius 2 is 1.86 bits per heavy atom. The maximum atomic E-state index is 13.3. The summed E-state index contributed by atoms with van der Waals surface area (Å²) < 4.78 is 26.3. The summed E-state index contributed by atoms with van der Waals surface area (Å²) in [6.45, 7) is 5.34. The van der Waals surface area contributed by atoms with E-state index in [-0.39, 0.29) is 28.6 Å². The van der Waals surface area contributed by atoms with Crippen LogP contribution in [0.5, 0.6) is 0 Å². The topological polar surface area (TPSA) is 58.2 Å². The Kier molecular flexibility index (Phi) is 6.14. The van der Waals surface area contributed by atoms with Crippen LogP contribution in [0.4, 0.5) is 8.78 Å². The molecule has 0 heterocycles. The molecule has 1 aromatic rings. The Labute approximate surface area is 126 Å². The zero-order chi connectivity index (χ0) is 16.0. The van der Waals surface area contributed by atoms with Gasteiger partial charge in [0.2, 0.25) is 11.8 Å². The molecule has 116 valence electrons.